The first-order valence-corrected chi connectivity index (χ1v) is 6.83. The number of halogens is 1. The van der Waals surface area contributed by atoms with Crippen LogP contribution in [0, 0.1) is 0 Å². The fourth-order valence-electron chi connectivity index (χ4n) is 2.08. The molecule has 0 aliphatic rings. The van der Waals surface area contributed by atoms with Crippen LogP contribution in [0.5, 0.6) is 0 Å². The van der Waals surface area contributed by atoms with Gasteiger partial charge < -0.3 is 5.73 Å². The van der Waals surface area contributed by atoms with Crippen LogP contribution >= 0.6 is 11.6 Å². The van der Waals surface area contributed by atoms with Gasteiger partial charge in [-0.2, -0.15) is 5.10 Å². The van der Waals surface area contributed by atoms with E-state index in [-0.39, 0.29) is 5.41 Å². The Morgan fingerprint density at radius 1 is 1.26 bits per heavy atom. The highest BCUT2D eigenvalue weighted by Gasteiger charge is 2.28. The molecule has 0 saturated carbocycles. The molecule has 0 aliphatic carbocycles. The molecule has 2 aromatic rings. The van der Waals surface area contributed by atoms with E-state index in [9.17, 15) is 0 Å². The number of nitrogen functional groups attached to an aromatic ring is 1. The lowest BCUT2D eigenvalue weighted by Gasteiger charge is -2.21. The third-order valence-corrected chi connectivity index (χ3v) is 4.00. The minimum atomic E-state index is -0.00957. The number of aromatic nitrogens is 2. The van der Waals surface area contributed by atoms with E-state index in [1.165, 1.54) is 0 Å². The number of nitrogens with two attached hydrogens (primary N) is 1. The van der Waals surface area contributed by atoms with Crippen LogP contribution in [-0.4, -0.2) is 9.78 Å². The van der Waals surface area contributed by atoms with Crippen molar-refractivity contribution in [3.05, 3.63) is 35.0 Å². The van der Waals surface area contributed by atoms with Crippen molar-refractivity contribution < 1.29 is 0 Å². The van der Waals surface area contributed by atoms with Crippen molar-refractivity contribution in [3.63, 3.8) is 0 Å². The molecule has 0 amide bonds. The summed E-state index contributed by atoms with van der Waals surface area (Å²) in [4.78, 5) is 0. The Morgan fingerprint density at radius 3 is 2.37 bits per heavy atom. The summed E-state index contributed by atoms with van der Waals surface area (Å²) >= 11 is 5.95. The van der Waals surface area contributed by atoms with Crippen LogP contribution in [0.2, 0.25) is 5.02 Å². The minimum Gasteiger partial charge on any atom is -0.383 e. The maximum atomic E-state index is 6.19. The Hall–Kier alpha value is -1.48. The van der Waals surface area contributed by atoms with Crippen molar-refractivity contribution in [1.82, 2.24) is 9.78 Å². The van der Waals surface area contributed by atoms with Crippen molar-refractivity contribution in [1.29, 1.82) is 0 Å². The highest BCUT2D eigenvalue weighted by molar-refractivity contribution is 6.30. The molecule has 0 radical (unpaired) electrons. The Bertz CT molecular complexity index is 582. The molecule has 2 rings (SSSR count). The summed E-state index contributed by atoms with van der Waals surface area (Å²) in [7, 11) is 1.88. The molecule has 1 aromatic carbocycles. The number of hydrogen-bond acceptors (Lipinski definition) is 2. The molecule has 0 bridgehead atoms. The molecule has 0 fully saturated rings. The molecule has 19 heavy (non-hydrogen) atoms. The normalized spacial score (nSPS) is 11.8. The van der Waals surface area contributed by atoms with Gasteiger partial charge in [-0.1, -0.05) is 44.5 Å². The van der Waals surface area contributed by atoms with E-state index in [0.717, 1.165) is 28.3 Å². The van der Waals surface area contributed by atoms with E-state index in [4.69, 9.17) is 17.3 Å². The van der Waals surface area contributed by atoms with Gasteiger partial charge in [0.25, 0.3) is 0 Å². The second kappa shape index (κ2) is 4.89. The molecule has 3 nitrogen and oxygen atoms in total. The molecule has 0 spiro atoms. The molecular formula is C15H20ClN3. The van der Waals surface area contributed by atoms with Crippen LogP contribution in [0.25, 0.3) is 11.1 Å². The summed E-state index contributed by atoms with van der Waals surface area (Å²) in [6, 6.07) is 7.74. The smallest absolute Gasteiger partial charge is 0.129 e. The summed E-state index contributed by atoms with van der Waals surface area (Å²) in [5.74, 6) is 0.693. The predicted molar refractivity (Wildman–Crippen MR) is 81.4 cm³/mol. The zero-order valence-electron chi connectivity index (χ0n) is 11.9. The average molecular weight is 278 g/mol. The Morgan fingerprint density at radius 2 is 1.84 bits per heavy atom. The zero-order chi connectivity index (χ0) is 14.2. The Labute approximate surface area is 119 Å². The van der Waals surface area contributed by atoms with E-state index in [1.54, 1.807) is 4.68 Å². The van der Waals surface area contributed by atoms with Gasteiger partial charge in [-0.25, -0.2) is 0 Å². The van der Waals surface area contributed by atoms with Gasteiger partial charge in [0.2, 0.25) is 0 Å². The topological polar surface area (TPSA) is 43.8 Å². The average Bonchev–Trinajstić information content (AvgIpc) is 2.68. The quantitative estimate of drug-likeness (QED) is 0.921. The number of aryl methyl sites for hydroxylation is 1. The van der Waals surface area contributed by atoms with E-state index < -0.39 is 0 Å². The van der Waals surface area contributed by atoms with Gasteiger partial charge in [0.1, 0.15) is 5.82 Å². The van der Waals surface area contributed by atoms with Gasteiger partial charge in [-0.15, -0.1) is 0 Å². The van der Waals surface area contributed by atoms with Crippen molar-refractivity contribution in [2.24, 2.45) is 7.05 Å². The summed E-state index contributed by atoms with van der Waals surface area (Å²) in [5.41, 5.74) is 9.30. The maximum Gasteiger partial charge on any atom is 0.129 e. The monoisotopic (exact) mass is 277 g/mol. The van der Waals surface area contributed by atoms with E-state index in [2.05, 4.69) is 25.9 Å². The number of nitrogens with zero attached hydrogens (tertiary/aromatic N) is 2. The first-order chi connectivity index (χ1) is 8.86. The highest BCUT2D eigenvalue weighted by atomic mass is 35.5. The van der Waals surface area contributed by atoms with Gasteiger partial charge in [0, 0.05) is 23.0 Å². The molecule has 1 aromatic heterocycles. The molecule has 1 heterocycles. The Kier molecular flexibility index (Phi) is 3.59. The number of rotatable bonds is 3. The molecule has 0 saturated heterocycles. The summed E-state index contributed by atoms with van der Waals surface area (Å²) < 4.78 is 1.75. The number of hydrogen-bond donors (Lipinski definition) is 1. The van der Waals surface area contributed by atoms with Gasteiger partial charge in [0.15, 0.2) is 0 Å². The van der Waals surface area contributed by atoms with E-state index >= 15 is 0 Å². The fourth-order valence-corrected chi connectivity index (χ4v) is 2.21. The Balaban J connectivity index is 2.65. The molecule has 0 unspecified atom stereocenters. The van der Waals surface area contributed by atoms with E-state index in [1.807, 2.05) is 31.3 Å². The molecule has 0 atom stereocenters. The van der Waals surface area contributed by atoms with Gasteiger partial charge >= 0.3 is 0 Å². The van der Waals surface area contributed by atoms with Crippen LogP contribution in [0.4, 0.5) is 5.82 Å². The van der Waals surface area contributed by atoms with Crippen molar-refractivity contribution >= 4 is 17.4 Å². The van der Waals surface area contributed by atoms with Crippen LogP contribution < -0.4 is 5.73 Å². The fraction of sp³-hybridized carbons (Fsp3) is 0.400. The lowest BCUT2D eigenvalue weighted by molar-refractivity contribution is 0.483. The lowest BCUT2D eigenvalue weighted by atomic mass is 9.83. The maximum absolute atomic E-state index is 6.19. The first kappa shape index (κ1) is 13.9. The second-order valence-corrected chi connectivity index (χ2v) is 5.91. The van der Waals surface area contributed by atoms with Crippen LogP contribution in [0.1, 0.15) is 32.9 Å². The summed E-state index contributed by atoms with van der Waals surface area (Å²) in [6.45, 7) is 6.54. The molecule has 4 heteroatoms. The SMILES string of the molecule is CCC(C)(C)c1nn(C)c(N)c1-c1ccc(Cl)cc1. The first-order valence-electron chi connectivity index (χ1n) is 6.45. The second-order valence-electron chi connectivity index (χ2n) is 5.48. The summed E-state index contributed by atoms with van der Waals surface area (Å²) in [5, 5.41) is 5.33. The third-order valence-electron chi connectivity index (χ3n) is 3.75. The predicted octanol–water partition coefficient (Wildman–Crippen LogP) is 4.01. The summed E-state index contributed by atoms with van der Waals surface area (Å²) in [6.07, 6.45) is 1.00. The number of benzene rings is 1. The minimum absolute atomic E-state index is 0.00957. The highest BCUT2D eigenvalue weighted by Crippen LogP contribution is 2.38. The van der Waals surface area contributed by atoms with Crippen molar-refractivity contribution in [2.45, 2.75) is 32.6 Å². The van der Waals surface area contributed by atoms with Gasteiger partial charge in [-0.05, 0) is 24.1 Å². The van der Waals surface area contributed by atoms with Crippen LogP contribution in [0.3, 0.4) is 0 Å². The van der Waals surface area contributed by atoms with Crippen LogP contribution in [0.15, 0.2) is 24.3 Å². The third kappa shape index (κ3) is 2.47. The van der Waals surface area contributed by atoms with Gasteiger partial charge in [0.05, 0.1) is 5.69 Å². The molecule has 2 N–H and O–H groups in total. The standard InChI is InChI=1S/C15H20ClN3/c1-5-15(2,3)13-12(14(17)19(4)18-13)10-6-8-11(16)9-7-10/h6-9H,5,17H2,1-4H3. The van der Waals surface area contributed by atoms with E-state index in [0.29, 0.717) is 5.82 Å². The van der Waals surface area contributed by atoms with Crippen molar-refractivity contribution in [3.8, 4) is 11.1 Å². The van der Waals surface area contributed by atoms with Crippen LogP contribution in [-0.2, 0) is 12.5 Å². The van der Waals surface area contributed by atoms with Gasteiger partial charge in [-0.3, -0.25) is 4.68 Å². The zero-order valence-corrected chi connectivity index (χ0v) is 12.6. The molecule has 0 aliphatic heterocycles. The molecule has 102 valence electrons. The number of anilines is 1. The van der Waals surface area contributed by atoms with Crippen molar-refractivity contribution in [2.75, 3.05) is 5.73 Å². The largest absolute Gasteiger partial charge is 0.383 e. The molecular weight excluding hydrogens is 258 g/mol. The lowest BCUT2D eigenvalue weighted by Crippen LogP contribution is -2.17.